The maximum atomic E-state index is 14.7. The zero-order valence-electron chi connectivity index (χ0n) is 33.0. The van der Waals surface area contributed by atoms with E-state index >= 15 is 0 Å². The number of hydrogen-bond donors (Lipinski definition) is 0. The number of hydrogen-bond acceptors (Lipinski definition) is 8. The Morgan fingerprint density at radius 1 is 0.590 bits per heavy atom. The van der Waals surface area contributed by atoms with Crippen LogP contribution < -0.4 is 9.38 Å². The molecule has 4 aliphatic rings. The molecule has 0 spiro atoms. The highest BCUT2D eigenvalue weighted by molar-refractivity contribution is 7.89. The number of carbonyl (C=O) groups excluding carboxylic acids is 2. The van der Waals surface area contributed by atoms with E-state index in [4.69, 9.17) is 21.1 Å². The number of quaternary nitrogens is 1. The van der Waals surface area contributed by atoms with Gasteiger partial charge in [0.25, 0.3) is 0 Å². The monoisotopic (exact) mass is 877 g/mol. The number of fused-ring (bicyclic) bond motifs is 4. The Hall–Kier alpha value is -5.35. The third-order valence-corrected chi connectivity index (χ3v) is 17.0. The van der Waals surface area contributed by atoms with Crippen LogP contribution in [0.15, 0.2) is 131 Å². The third kappa shape index (κ3) is 6.42. The zero-order chi connectivity index (χ0) is 42.1. The van der Waals surface area contributed by atoms with Crippen molar-refractivity contribution in [2.24, 2.45) is 0 Å². The summed E-state index contributed by atoms with van der Waals surface area (Å²) in [6, 6.07) is 35.4. The molecule has 312 valence electrons. The van der Waals surface area contributed by atoms with Crippen LogP contribution in [0.5, 0.6) is 0 Å². The SMILES string of the molecule is O=C1OCc2ccccc2N1C1CCN(S(=O)(=O)c2cccc3c([N+]4(C5CCN(S(=O)(=O)c6ccc7c(Cl)cccc7c6)CC5)C(=O)OCc5ccccc54)cccc23)CC1. The molecule has 4 aliphatic heterocycles. The van der Waals surface area contributed by atoms with Crippen LogP contribution >= 0.6 is 11.6 Å². The van der Waals surface area contributed by atoms with Crippen LogP contribution in [-0.2, 0) is 42.7 Å². The first-order valence-electron chi connectivity index (χ1n) is 20.4. The number of anilines is 1. The normalized spacial score (nSPS) is 20.9. The van der Waals surface area contributed by atoms with Crippen molar-refractivity contribution in [2.75, 3.05) is 31.1 Å². The van der Waals surface area contributed by atoms with Gasteiger partial charge in [0, 0.05) is 83.9 Å². The number of halogens is 1. The highest BCUT2D eigenvalue weighted by Gasteiger charge is 2.56. The van der Waals surface area contributed by atoms with Gasteiger partial charge in [-0.1, -0.05) is 78.3 Å². The lowest BCUT2D eigenvalue weighted by molar-refractivity contribution is 0.0817. The van der Waals surface area contributed by atoms with Crippen LogP contribution in [-0.4, -0.2) is 75.9 Å². The predicted octanol–water partition coefficient (Wildman–Crippen LogP) is 9.10. The summed E-state index contributed by atoms with van der Waals surface area (Å²) >= 11 is 6.38. The average molecular weight is 878 g/mol. The first kappa shape index (κ1) is 39.8. The van der Waals surface area contributed by atoms with Gasteiger partial charge >= 0.3 is 12.2 Å². The quantitative estimate of drug-likeness (QED) is 0.145. The van der Waals surface area contributed by atoms with Gasteiger partial charge in [-0.15, -0.1) is 0 Å². The number of rotatable bonds is 7. The van der Waals surface area contributed by atoms with E-state index < -0.39 is 38.3 Å². The average Bonchev–Trinajstić information content (AvgIpc) is 3.29. The van der Waals surface area contributed by atoms with E-state index in [-0.39, 0.29) is 59.7 Å². The Kier molecular flexibility index (Phi) is 9.92. The van der Waals surface area contributed by atoms with Gasteiger partial charge in [-0.25, -0.2) is 21.6 Å². The molecule has 0 radical (unpaired) electrons. The smallest absolute Gasteiger partial charge is 0.444 e. The second-order valence-corrected chi connectivity index (χ2v) is 20.2. The molecule has 0 saturated carbocycles. The van der Waals surface area contributed by atoms with E-state index in [9.17, 15) is 26.4 Å². The number of amides is 2. The van der Waals surface area contributed by atoms with E-state index in [1.807, 2.05) is 66.7 Å². The molecule has 4 heterocycles. The Labute approximate surface area is 359 Å². The largest absolute Gasteiger partial charge is 0.527 e. The van der Waals surface area contributed by atoms with Gasteiger partial charge < -0.3 is 9.47 Å². The summed E-state index contributed by atoms with van der Waals surface area (Å²) in [7, 11) is -7.96. The Bertz CT molecular complexity index is 2990. The molecule has 6 aromatic rings. The van der Waals surface area contributed by atoms with Crippen molar-refractivity contribution in [3.05, 3.63) is 137 Å². The van der Waals surface area contributed by atoms with E-state index in [2.05, 4.69) is 0 Å². The topological polar surface area (TPSA) is 131 Å². The summed E-state index contributed by atoms with van der Waals surface area (Å²) in [5.74, 6) is 0. The number of benzene rings is 6. The van der Waals surface area contributed by atoms with Gasteiger partial charge in [0.1, 0.15) is 19.3 Å². The highest BCUT2D eigenvalue weighted by Crippen LogP contribution is 2.50. The minimum Gasteiger partial charge on any atom is -0.444 e. The number of carbonyl (C=O) groups is 2. The maximum absolute atomic E-state index is 14.7. The molecular weight excluding hydrogens is 836 g/mol. The van der Waals surface area contributed by atoms with Gasteiger partial charge in [0.2, 0.25) is 20.0 Å². The third-order valence-electron chi connectivity index (χ3n) is 12.9. The summed E-state index contributed by atoms with van der Waals surface area (Å²) in [5.41, 5.74) is 3.79. The molecule has 0 aromatic heterocycles. The lowest BCUT2D eigenvalue weighted by Gasteiger charge is -2.46. The van der Waals surface area contributed by atoms with Crippen LogP contribution in [0.25, 0.3) is 21.5 Å². The van der Waals surface area contributed by atoms with Crippen molar-refractivity contribution in [3.63, 3.8) is 0 Å². The van der Waals surface area contributed by atoms with Gasteiger partial charge in [0.05, 0.1) is 21.0 Å². The van der Waals surface area contributed by atoms with Gasteiger partial charge in [-0.2, -0.15) is 17.9 Å². The highest BCUT2D eigenvalue weighted by atomic mass is 35.5. The van der Waals surface area contributed by atoms with Gasteiger partial charge in [-0.3, -0.25) is 4.90 Å². The molecule has 1 unspecified atom stereocenters. The van der Waals surface area contributed by atoms with E-state index in [1.165, 1.54) is 8.61 Å². The van der Waals surface area contributed by atoms with Crippen LogP contribution in [0, 0.1) is 0 Å². The summed E-state index contributed by atoms with van der Waals surface area (Å²) < 4.78 is 71.6. The van der Waals surface area contributed by atoms with Crippen molar-refractivity contribution in [1.82, 2.24) is 13.1 Å². The molecule has 1 atom stereocenters. The molecule has 12 nitrogen and oxygen atoms in total. The molecule has 0 N–H and O–H groups in total. The number of nitrogens with zero attached hydrogens (tertiary/aromatic N) is 4. The second-order valence-electron chi connectivity index (χ2n) is 16.0. The summed E-state index contributed by atoms with van der Waals surface area (Å²) in [5, 5.41) is 3.05. The molecule has 15 heteroatoms. The van der Waals surface area contributed by atoms with Crippen molar-refractivity contribution < 1.29 is 35.9 Å². The van der Waals surface area contributed by atoms with Crippen molar-refractivity contribution in [2.45, 2.75) is 60.8 Å². The van der Waals surface area contributed by atoms with Crippen LogP contribution in [0.4, 0.5) is 26.7 Å². The number of para-hydroxylation sites is 2. The van der Waals surface area contributed by atoms with E-state index in [0.717, 1.165) is 27.6 Å². The van der Waals surface area contributed by atoms with E-state index in [1.54, 1.807) is 59.5 Å². The molecule has 6 aromatic carbocycles. The predicted molar refractivity (Wildman–Crippen MR) is 234 cm³/mol. The molecule has 0 aliphatic carbocycles. The first-order chi connectivity index (χ1) is 29.5. The van der Waals surface area contributed by atoms with Crippen molar-refractivity contribution in [3.8, 4) is 0 Å². The van der Waals surface area contributed by atoms with Crippen LogP contribution in [0.3, 0.4) is 0 Å². The minimum atomic E-state index is -4.05. The standard InChI is InChI=1S/C46H42ClN4O8S2/c47-40-13-5-10-31-28-36(18-19-37(31)40)60(54,55)48-26-22-35(23-27-48)51(42-15-4-2-9-33(42)30-59-46(51)53)43-16-6-12-39-38(43)11-7-17-44(39)61(56,57)49-24-20-34(21-25-49)50-41-14-3-1-8-32(41)29-58-45(50)52/h1-19,28,34-35H,20-27,29-30H2/q+1. The fraction of sp³-hybridized carbons (Fsp3) is 0.261. The Balaban J connectivity index is 0.985. The molecule has 2 amide bonds. The van der Waals surface area contributed by atoms with Crippen LogP contribution in [0.2, 0.25) is 5.02 Å². The summed E-state index contributed by atoms with van der Waals surface area (Å²) in [6.07, 6.45) is 0.544. The Morgan fingerprint density at radius 3 is 2.03 bits per heavy atom. The number of sulfonamides is 2. The van der Waals surface area contributed by atoms with Crippen molar-refractivity contribution >= 4 is 82.4 Å². The van der Waals surface area contributed by atoms with Gasteiger partial charge in [-0.05, 0) is 60.7 Å². The number of ether oxygens (including phenoxy) is 2. The van der Waals surface area contributed by atoms with Crippen molar-refractivity contribution in [1.29, 1.82) is 0 Å². The molecule has 0 bridgehead atoms. The summed E-state index contributed by atoms with van der Waals surface area (Å²) in [4.78, 5) is 29.6. The number of piperidine rings is 2. The minimum absolute atomic E-state index is 0.0787. The fourth-order valence-electron chi connectivity index (χ4n) is 9.89. The fourth-order valence-corrected chi connectivity index (χ4v) is 13.3. The molecular formula is C46H42ClN4O8S2+. The van der Waals surface area contributed by atoms with E-state index in [0.29, 0.717) is 52.9 Å². The lowest BCUT2D eigenvalue weighted by Crippen LogP contribution is -2.62. The maximum Gasteiger partial charge on any atom is 0.527 e. The zero-order valence-corrected chi connectivity index (χ0v) is 35.4. The Morgan fingerprint density at radius 2 is 1.23 bits per heavy atom. The van der Waals surface area contributed by atoms with Crippen LogP contribution in [0.1, 0.15) is 36.8 Å². The number of cyclic esters (lactones) is 2. The molecule has 2 saturated heterocycles. The first-order valence-corrected chi connectivity index (χ1v) is 23.6. The molecule has 10 rings (SSSR count). The summed E-state index contributed by atoms with van der Waals surface area (Å²) in [6.45, 7) is 0.977. The second kappa shape index (κ2) is 15.2. The molecule has 2 fully saturated rings. The lowest BCUT2D eigenvalue weighted by atomic mass is 9.94. The molecule has 61 heavy (non-hydrogen) atoms. The van der Waals surface area contributed by atoms with Gasteiger partial charge in [0.15, 0.2) is 11.4 Å².